The molecule has 1 aliphatic heterocycles. The van der Waals surface area contributed by atoms with E-state index in [9.17, 15) is 14.4 Å². The van der Waals surface area contributed by atoms with Crippen LogP contribution in [0.5, 0.6) is 0 Å². The van der Waals surface area contributed by atoms with Crippen LogP contribution in [-0.2, 0) is 4.79 Å². The van der Waals surface area contributed by atoms with E-state index in [1.165, 1.54) is 25.7 Å². The summed E-state index contributed by atoms with van der Waals surface area (Å²) in [6.07, 6.45) is 9.01. The number of nitrogens with one attached hydrogen (secondary N) is 3. The van der Waals surface area contributed by atoms with Crippen molar-refractivity contribution in [3.63, 3.8) is 0 Å². The first-order valence-electron chi connectivity index (χ1n) is 12.4. The number of carbonyl (C=O) groups is 3. The quantitative estimate of drug-likeness (QED) is 0.568. The minimum Gasteiger partial charge on any atom is -0.376 e. The van der Waals surface area contributed by atoms with Crippen molar-refractivity contribution in [3.8, 4) is 0 Å². The van der Waals surface area contributed by atoms with Gasteiger partial charge in [0, 0.05) is 41.6 Å². The lowest BCUT2D eigenvalue weighted by molar-refractivity contribution is -0.114. The molecular formula is C27H34N4O3. The van der Waals surface area contributed by atoms with Crippen molar-refractivity contribution in [1.82, 2.24) is 10.2 Å². The number of piperidine rings is 1. The number of anilines is 2. The van der Waals surface area contributed by atoms with E-state index in [0.717, 1.165) is 44.5 Å². The number of amides is 3. The number of likely N-dealkylation sites (tertiary alicyclic amines) is 1. The van der Waals surface area contributed by atoms with Crippen LogP contribution in [0.2, 0.25) is 0 Å². The number of nitrogens with zero attached hydrogens (tertiary/aromatic N) is 1. The maximum absolute atomic E-state index is 12.6. The molecule has 2 aliphatic rings. The number of hydrogen-bond donors (Lipinski definition) is 3. The summed E-state index contributed by atoms with van der Waals surface area (Å²) in [6.45, 7) is 1.75. The fourth-order valence-corrected chi connectivity index (χ4v) is 4.62. The van der Waals surface area contributed by atoms with Crippen LogP contribution < -0.4 is 16.0 Å². The molecule has 0 aromatic heterocycles. The SMILES string of the molecule is O=C(CNc1ccc(C(=O)N2CCCCC2)cc1)Nc1ccc(C(=O)NC2CCCCC2)cc1. The molecule has 1 saturated carbocycles. The molecule has 1 saturated heterocycles. The van der Waals surface area contributed by atoms with Crippen LogP contribution in [0.4, 0.5) is 11.4 Å². The van der Waals surface area contributed by atoms with Crippen molar-refractivity contribution in [1.29, 1.82) is 0 Å². The molecular weight excluding hydrogens is 428 g/mol. The van der Waals surface area contributed by atoms with Crippen molar-refractivity contribution in [2.75, 3.05) is 30.3 Å². The van der Waals surface area contributed by atoms with Gasteiger partial charge in [-0.05, 0) is 80.6 Å². The number of rotatable bonds is 7. The summed E-state index contributed by atoms with van der Waals surface area (Å²) in [5, 5.41) is 9.03. The smallest absolute Gasteiger partial charge is 0.253 e. The first-order chi connectivity index (χ1) is 16.6. The second-order valence-electron chi connectivity index (χ2n) is 9.22. The van der Waals surface area contributed by atoms with Crippen molar-refractivity contribution >= 4 is 29.1 Å². The highest BCUT2D eigenvalue weighted by molar-refractivity contribution is 5.97. The standard InChI is InChI=1S/C27H34N4O3/c32-25(19-28-22-13-11-21(12-14-22)27(34)31-17-5-2-6-18-31)29-24-15-9-20(10-16-24)26(33)30-23-7-3-1-4-8-23/h9-16,23,28H,1-8,17-19H2,(H,29,32)(H,30,33). The van der Waals surface area contributed by atoms with Crippen LogP contribution in [0, 0.1) is 0 Å². The summed E-state index contributed by atoms with van der Waals surface area (Å²) >= 11 is 0. The molecule has 7 heteroatoms. The van der Waals surface area contributed by atoms with E-state index in [4.69, 9.17) is 0 Å². The largest absolute Gasteiger partial charge is 0.376 e. The van der Waals surface area contributed by atoms with E-state index >= 15 is 0 Å². The second-order valence-corrected chi connectivity index (χ2v) is 9.22. The fraction of sp³-hybridized carbons (Fsp3) is 0.444. The van der Waals surface area contributed by atoms with Gasteiger partial charge in [-0.15, -0.1) is 0 Å². The third-order valence-electron chi connectivity index (χ3n) is 6.60. The number of hydrogen-bond acceptors (Lipinski definition) is 4. The summed E-state index contributed by atoms with van der Waals surface area (Å²) in [7, 11) is 0. The van der Waals surface area contributed by atoms with Gasteiger partial charge in [-0.3, -0.25) is 14.4 Å². The van der Waals surface area contributed by atoms with Crippen LogP contribution in [0.15, 0.2) is 48.5 Å². The van der Waals surface area contributed by atoms with Gasteiger partial charge in [-0.2, -0.15) is 0 Å². The zero-order valence-corrected chi connectivity index (χ0v) is 19.6. The van der Waals surface area contributed by atoms with Crippen molar-refractivity contribution in [2.45, 2.75) is 57.4 Å². The summed E-state index contributed by atoms with van der Waals surface area (Å²) in [5.41, 5.74) is 2.69. The van der Waals surface area contributed by atoms with Gasteiger partial charge in [-0.25, -0.2) is 0 Å². The lowest BCUT2D eigenvalue weighted by Gasteiger charge is -2.26. The molecule has 1 heterocycles. The van der Waals surface area contributed by atoms with Crippen LogP contribution in [0.25, 0.3) is 0 Å². The number of carbonyl (C=O) groups excluding carboxylic acids is 3. The molecule has 2 fully saturated rings. The molecule has 3 N–H and O–H groups in total. The van der Waals surface area contributed by atoms with Crippen molar-refractivity contribution < 1.29 is 14.4 Å². The Balaban J connectivity index is 1.22. The Bertz CT molecular complexity index is 976. The maximum Gasteiger partial charge on any atom is 0.253 e. The lowest BCUT2D eigenvalue weighted by Crippen LogP contribution is -2.36. The fourth-order valence-electron chi connectivity index (χ4n) is 4.62. The first kappa shape index (κ1) is 23.8. The van der Waals surface area contributed by atoms with Crippen molar-refractivity contribution in [3.05, 3.63) is 59.7 Å². The van der Waals surface area contributed by atoms with E-state index in [0.29, 0.717) is 16.8 Å². The van der Waals surface area contributed by atoms with Crippen LogP contribution in [-0.4, -0.2) is 48.3 Å². The molecule has 3 amide bonds. The Morgan fingerprint density at radius 1 is 0.735 bits per heavy atom. The third kappa shape index (κ3) is 6.59. The van der Waals surface area contributed by atoms with Crippen LogP contribution >= 0.6 is 0 Å². The van der Waals surface area contributed by atoms with E-state index in [-0.39, 0.29) is 30.3 Å². The summed E-state index contributed by atoms with van der Waals surface area (Å²) in [4.78, 5) is 39.2. The van der Waals surface area contributed by atoms with Crippen LogP contribution in [0.3, 0.4) is 0 Å². The molecule has 0 atom stereocenters. The van der Waals surface area contributed by atoms with Gasteiger partial charge in [0.15, 0.2) is 0 Å². The monoisotopic (exact) mass is 462 g/mol. The van der Waals surface area contributed by atoms with E-state index in [2.05, 4.69) is 16.0 Å². The maximum atomic E-state index is 12.6. The zero-order chi connectivity index (χ0) is 23.8. The van der Waals surface area contributed by atoms with Gasteiger partial charge in [0.2, 0.25) is 5.91 Å². The Labute approximate surface area is 201 Å². The average molecular weight is 463 g/mol. The Morgan fingerprint density at radius 3 is 2.00 bits per heavy atom. The molecule has 2 aromatic rings. The third-order valence-corrected chi connectivity index (χ3v) is 6.60. The molecule has 4 rings (SSSR count). The molecule has 0 radical (unpaired) electrons. The molecule has 1 aliphatic carbocycles. The molecule has 7 nitrogen and oxygen atoms in total. The topological polar surface area (TPSA) is 90.5 Å². The first-order valence-corrected chi connectivity index (χ1v) is 12.4. The molecule has 34 heavy (non-hydrogen) atoms. The second kappa shape index (κ2) is 11.7. The van der Waals surface area contributed by atoms with Crippen molar-refractivity contribution in [2.24, 2.45) is 0 Å². The highest BCUT2D eigenvalue weighted by atomic mass is 16.2. The number of benzene rings is 2. The highest BCUT2D eigenvalue weighted by Gasteiger charge is 2.18. The molecule has 0 unspecified atom stereocenters. The Hall–Kier alpha value is -3.35. The van der Waals surface area contributed by atoms with Crippen LogP contribution in [0.1, 0.15) is 72.1 Å². The van der Waals surface area contributed by atoms with Gasteiger partial charge in [-0.1, -0.05) is 19.3 Å². The Kier molecular flexibility index (Phi) is 8.17. The lowest BCUT2D eigenvalue weighted by atomic mass is 9.95. The van der Waals surface area contributed by atoms with Gasteiger partial charge < -0.3 is 20.9 Å². The van der Waals surface area contributed by atoms with Gasteiger partial charge in [0.1, 0.15) is 0 Å². The zero-order valence-electron chi connectivity index (χ0n) is 19.6. The molecule has 180 valence electrons. The van der Waals surface area contributed by atoms with Gasteiger partial charge in [0.05, 0.1) is 6.54 Å². The van der Waals surface area contributed by atoms with E-state index < -0.39 is 0 Å². The average Bonchev–Trinajstić information content (AvgIpc) is 2.89. The summed E-state index contributed by atoms with van der Waals surface area (Å²) in [6, 6.07) is 14.5. The van der Waals surface area contributed by atoms with E-state index in [1.54, 1.807) is 36.4 Å². The summed E-state index contributed by atoms with van der Waals surface area (Å²) in [5.74, 6) is -0.179. The van der Waals surface area contributed by atoms with E-state index in [1.807, 2.05) is 17.0 Å². The molecule has 0 bridgehead atoms. The highest BCUT2D eigenvalue weighted by Crippen LogP contribution is 2.19. The predicted molar refractivity (Wildman–Crippen MR) is 134 cm³/mol. The summed E-state index contributed by atoms with van der Waals surface area (Å²) < 4.78 is 0. The van der Waals surface area contributed by atoms with Gasteiger partial charge in [0.25, 0.3) is 11.8 Å². The molecule has 0 spiro atoms. The minimum absolute atomic E-state index is 0.0614. The normalized spacial score (nSPS) is 16.5. The van der Waals surface area contributed by atoms with Gasteiger partial charge >= 0.3 is 0 Å². The minimum atomic E-state index is -0.187. The predicted octanol–water partition coefficient (Wildman–Crippen LogP) is 4.43. The molecule has 2 aromatic carbocycles. The Morgan fingerprint density at radius 2 is 1.32 bits per heavy atom.